The Morgan fingerprint density at radius 2 is 1.68 bits per heavy atom. The summed E-state index contributed by atoms with van der Waals surface area (Å²) in [5.74, 6) is 0.347. The topological polar surface area (TPSA) is 58.2 Å². The molecule has 0 saturated carbocycles. The molecule has 25 heavy (non-hydrogen) atoms. The largest absolute Gasteiger partial charge is 0.349 e. The lowest BCUT2D eigenvalue weighted by molar-refractivity contribution is -0.119. The number of hydrogen-bond acceptors (Lipinski definition) is 3. The first-order valence-corrected chi connectivity index (χ1v) is 9.40. The zero-order valence-corrected chi connectivity index (χ0v) is 15.7. The molecule has 1 atom stereocenters. The minimum absolute atomic E-state index is 0.0432. The van der Waals surface area contributed by atoms with Crippen molar-refractivity contribution in [3.63, 3.8) is 0 Å². The van der Waals surface area contributed by atoms with E-state index in [1.165, 1.54) is 11.8 Å². The third kappa shape index (κ3) is 6.27. The van der Waals surface area contributed by atoms with Crippen molar-refractivity contribution in [3.05, 3.63) is 65.2 Å². The molecule has 0 heterocycles. The molecular weight excluding hydrogens is 332 g/mol. The Morgan fingerprint density at radius 3 is 2.36 bits per heavy atom. The van der Waals surface area contributed by atoms with Crippen LogP contribution in [0.4, 0.5) is 5.69 Å². The van der Waals surface area contributed by atoms with E-state index in [1.807, 2.05) is 69.3 Å². The summed E-state index contributed by atoms with van der Waals surface area (Å²) in [6.45, 7) is 5.93. The number of carbonyl (C=O) groups excluding carboxylic acids is 2. The number of anilines is 1. The Bertz CT molecular complexity index is 732. The van der Waals surface area contributed by atoms with E-state index in [-0.39, 0.29) is 29.4 Å². The minimum Gasteiger partial charge on any atom is -0.349 e. The summed E-state index contributed by atoms with van der Waals surface area (Å²) in [7, 11) is 0. The SMILES string of the molecule is Cc1ccc(NC(=O)CSCC(=O)N[C@H](C)c2ccccc2)c(C)c1. The van der Waals surface area contributed by atoms with Gasteiger partial charge in [-0.1, -0.05) is 48.0 Å². The number of thioether (sulfide) groups is 1. The average Bonchev–Trinajstić information content (AvgIpc) is 2.58. The molecule has 0 bridgehead atoms. The standard InChI is InChI=1S/C20H24N2O2S/c1-14-9-10-18(15(2)11-14)22-20(24)13-25-12-19(23)21-16(3)17-7-5-4-6-8-17/h4-11,16H,12-13H2,1-3H3,(H,21,23)(H,22,24)/t16-/m1/s1. The van der Waals surface area contributed by atoms with Crippen molar-refractivity contribution in [2.24, 2.45) is 0 Å². The molecule has 4 nitrogen and oxygen atoms in total. The monoisotopic (exact) mass is 356 g/mol. The van der Waals surface area contributed by atoms with Gasteiger partial charge in [0.15, 0.2) is 0 Å². The summed E-state index contributed by atoms with van der Waals surface area (Å²) < 4.78 is 0. The Labute approximate surface area is 153 Å². The lowest BCUT2D eigenvalue weighted by Gasteiger charge is -2.14. The quantitative estimate of drug-likeness (QED) is 0.792. The number of benzene rings is 2. The highest BCUT2D eigenvalue weighted by Crippen LogP contribution is 2.16. The molecule has 2 amide bonds. The second-order valence-electron chi connectivity index (χ2n) is 6.06. The van der Waals surface area contributed by atoms with Crippen molar-refractivity contribution < 1.29 is 9.59 Å². The molecule has 0 fully saturated rings. The summed E-state index contributed by atoms with van der Waals surface area (Å²) in [6, 6.07) is 15.7. The van der Waals surface area contributed by atoms with Gasteiger partial charge in [0.2, 0.25) is 11.8 Å². The first-order valence-electron chi connectivity index (χ1n) is 8.25. The summed E-state index contributed by atoms with van der Waals surface area (Å²) in [6.07, 6.45) is 0. The average molecular weight is 356 g/mol. The van der Waals surface area contributed by atoms with Crippen LogP contribution >= 0.6 is 11.8 Å². The first kappa shape index (κ1) is 19.1. The van der Waals surface area contributed by atoms with Gasteiger partial charge in [-0.3, -0.25) is 9.59 Å². The zero-order valence-electron chi connectivity index (χ0n) is 14.8. The highest BCUT2D eigenvalue weighted by atomic mass is 32.2. The highest BCUT2D eigenvalue weighted by Gasteiger charge is 2.11. The van der Waals surface area contributed by atoms with Gasteiger partial charge < -0.3 is 10.6 Å². The minimum atomic E-state index is -0.0964. The molecule has 2 aromatic carbocycles. The van der Waals surface area contributed by atoms with Crippen LogP contribution in [0.5, 0.6) is 0 Å². The Kier molecular flexibility index (Phi) is 7.07. The smallest absolute Gasteiger partial charge is 0.234 e. The molecule has 0 aliphatic rings. The van der Waals surface area contributed by atoms with E-state index >= 15 is 0 Å². The molecule has 2 aromatic rings. The summed E-state index contributed by atoms with van der Waals surface area (Å²) in [5.41, 5.74) is 4.08. The normalized spacial score (nSPS) is 11.6. The fourth-order valence-corrected chi connectivity index (χ4v) is 3.11. The van der Waals surface area contributed by atoms with Crippen molar-refractivity contribution in [3.8, 4) is 0 Å². The van der Waals surface area contributed by atoms with Crippen LogP contribution in [0.25, 0.3) is 0 Å². The van der Waals surface area contributed by atoms with Gasteiger partial charge in [0.05, 0.1) is 17.5 Å². The van der Waals surface area contributed by atoms with Gasteiger partial charge in [0.1, 0.15) is 0 Å². The van der Waals surface area contributed by atoms with Crippen LogP contribution in [0.15, 0.2) is 48.5 Å². The van der Waals surface area contributed by atoms with Crippen molar-refractivity contribution in [2.45, 2.75) is 26.8 Å². The third-order valence-electron chi connectivity index (χ3n) is 3.80. The van der Waals surface area contributed by atoms with E-state index in [0.29, 0.717) is 0 Å². The van der Waals surface area contributed by atoms with Crippen LogP contribution in [0.3, 0.4) is 0 Å². The van der Waals surface area contributed by atoms with Crippen LogP contribution in [0.2, 0.25) is 0 Å². The lowest BCUT2D eigenvalue weighted by Crippen LogP contribution is -2.28. The number of hydrogen-bond donors (Lipinski definition) is 2. The van der Waals surface area contributed by atoms with Gasteiger partial charge in [0, 0.05) is 5.69 Å². The molecule has 0 spiro atoms. The molecule has 0 aliphatic carbocycles. The number of aryl methyl sites for hydroxylation is 2. The number of amides is 2. The van der Waals surface area contributed by atoms with E-state index < -0.39 is 0 Å². The predicted molar refractivity (Wildman–Crippen MR) is 105 cm³/mol. The van der Waals surface area contributed by atoms with E-state index in [4.69, 9.17) is 0 Å². The van der Waals surface area contributed by atoms with Crippen molar-refractivity contribution in [2.75, 3.05) is 16.8 Å². The Balaban J connectivity index is 1.72. The van der Waals surface area contributed by atoms with Gasteiger partial charge >= 0.3 is 0 Å². The number of nitrogens with one attached hydrogen (secondary N) is 2. The van der Waals surface area contributed by atoms with Crippen LogP contribution in [0, 0.1) is 13.8 Å². The molecule has 0 aliphatic heterocycles. The second kappa shape index (κ2) is 9.28. The summed E-state index contributed by atoms with van der Waals surface area (Å²) in [4.78, 5) is 24.0. The Morgan fingerprint density at radius 1 is 1.00 bits per heavy atom. The number of carbonyl (C=O) groups is 2. The number of rotatable bonds is 7. The first-order chi connectivity index (χ1) is 12.0. The molecule has 5 heteroatoms. The van der Waals surface area contributed by atoms with E-state index in [1.54, 1.807) is 0 Å². The Hall–Kier alpha value is -2.27. The second-order valence-corrected chi connectivity index (χ2v) is 7.04. The summed E-state index contributed by atoms with van der Waals surface area (Å²) in [5, 5.41) is 5.83. The van der Waals surface area contributed by atoms with Gasteiger partial charge in [-0.2, -0.15) is 0 Å². The van der Waals surface area contributed by atoms with Crippen LogP contribution in [-0.4, -0.2) is 23.3 Å². The van der Waals surface area contributed by atoms with Gasteiger partial charge in [-0.15, -0.1) is 11.8 Å². The van der Waals surface area contributed by atoms with Gasteiger partial charge in [0.25, 0.3) is 0 Å². The fourth-order valence-electron chi connectivity index (χ4n) is 2.48. The highest BCUT2D eigenvalue weighted by molar-refractivity contribution is 8.00. The van der Waals surface area contributed by atoms with Crippen LogP contribution in [0.1, 0.15) is 29.7 Å². The molecule has 0 unspecified atom stereocenters. The maximum atomic E-state index is 12.0. The predicted octanol–water partition coefficient (Wildman–Crippen LogP) is 3.85. The maximum absolute atomic E-state index is 12.0. The van der Waals surface area contributed by atoms with Crippen LogP contribution < -0.4 is 10.6 Å². The van der Waals surface area contributed by atoms with Gasteiger partial charge in [-0.05, 0) is 38.0 Å². The molecule has 0 aromatic heterocycles. The molecular formula is C20H24N2O2S. The molecule has 2 N–H and O–H groups in total. The molecule has 0 saturated heterocycles. The molecule has 0 radical (unpaired) electrons. The molecule has 132 valence electrons. The fraction of sp³-hybridized carbons (Fsp3) is 0.300. The van der Waals surface area contributed by atoms with Crippen molar-refractivity contribution >= 4 is 29.3 Å². The molecule has 2 rings (SSSR count). The zero-order chi connectivity index (χ0) is 18.2. The van der Waals surface area contributed by atoms with Gasteiger partial charge in [-0.25, -0.2) is 0 Å². The van der Waals surface area contributed by atoms with Crippen molar-refractivity contribution in [1.82, 2.24) is 5.32 Å². The van der Waals surface area contributed by atoms with E-state index in [0.717, 1.165) is 22.4 Å². The lowest BCUT2D eigenvalue weighted by atomic mass is 10.1. The summed E-state index contributed by atoms with van der Waals surface area (Å²) >= 11 is 1.31. The third-order valence-corrected chi connectivity index (χ3v) is 4.73. The maximum Gasteiger partial charge on any atom is 0.234 e. The van der Waals surface area contributed by atoms with Crippen molar-refractivity contribution in [1.29, 1.82) is 0 Å². The van der Waals surface area contributed by atoms with Crippen LogP contribution in [-0.2, 0) is 9.59 Å². The van der Waals surface area contributed by atoms with E-state index in [9.17, 15) is 9.59 Å². The van der Waals surface area contributed by atoms with E-state index in [2.05, 4.69) is 10.6 Å².